The number of benzene rings is 4. The molecular formula is C31H27N5O4S. The molecule has 5 rings (SSSR count). The lowest BCUT2D eigenvalue weighted by atomic mass is 10.1. The van der Waals surface area contributed by atoms with Crippen molar-refractivity contribution in [1.82, 2.24) is 19.9 Å². The van der Waals surface area contributed by atoms with Crippen molar-refractivity contribution in [3.8, 4) is 22.7 Å². The van der Waals surface area contributed by atoms with E-state index in [2.05, 4.69) is 15.2 Å². The highest BCUT2D eigenvalue weighted by Gasteiger charge is 2.15. The van der Waals surface area contributed by atoms with E-state index in [0.29, 0.717) is 17.9 Å². The lowest BCUT2D eigenvalue weighted by molar-refractivity contribution is -0.119. The zero-order valence-electron chi connectivity index (χ0n) is 21.9. The Hall–Kier alpha value is -5.06. The molecule has 41 heavy (non-hydrogen) atoms. The predicted molar refractivity (Wildman–Crippen MR) is 157 cm³/mol. The first kappa shape index (κ1) is 27.5. The largest absolute Gasteiger partial charge is 0.489 e. The molecule has 0 saturated carbocycles. The first-order chi connectivity index (χ1) is 20.0. The second-order valence-corrected chi connectivity index (χ2v) is 10.7. The van der Waals surface area contributed by atoms with Crippen LogP contribution in [0.4, 0.5) is 0 Å². The zero-order valence-corrected chi connectivity index (χ0v) is 22.7. The molecule has 4 aromatic carbocycles. The molecule has 206 valence electrons. The number of carbonyl (C=O) groups excluding carboxylic acids is 1. The van der Waals surface area contributed by atoms with Gasteiger partial charge in [-0.1, -0.05) is 66.7 Å². The first-order valence-electron chi connectivity index (χ1n) is 12.8. The fraction of sp³-hybridized carbons (Fsp3) is 0.0645. The number of carbonyl (C=O) groups is 1. The number of hydrogen-bond acceptors (Lipinski definition) is 6. The van der Waals surface area contributed by atoms with Crippen molar-refractivity contribution in [3.05, 3.63) is 133 Å². The van der Waals surface area contributed by atoms with Gasteiger partial charge in [0.1, 0.15) is 18.1 Å². The standard InChI is InChI=1S/C31H27N5O4S/c37-30(21-33-41(38,39)29-14-8-3-9-15-29)34-32-20-26-22-36(27-12-6-2-7-13-27)35-31(26)25-16-18-28(19-17-25)40-23-24-10-4-1-5-11-24/h1-20,22,33H,21,23H2,(H,34,37)/b32-20-. The van der Waals surface area contributed by atoms with Crippen LogP contribution in [0, 0.1) is 0 Å². The Labute approximate surface area is 238 Å². The average molecular weight is 566 g/mol. The summed E-state index contributed by atoms with van der Waals surface area (Å²) in [5, 5.41) is 8.81. The van der Waals surface area contributed by atoms with Crippen molar-refractivity contribution in [1.29, 1.82) is 0 Å². The fourth-order valence-electron chi connectivity index (χ4n) is 3.93. The van der Waals surface area contributed by atoms with Crippen LogP contribution in [0.1, 0.15) is 11.1 Å². The summed E-state index contributed by atoms with van der Waals surface area (Å²) in [5.41, 5.74) is 6.43. The number of hydrazone groups is 1. The van der Waals surface area contributed by atoms with Crippen molar-refractivity contribution in [3.63, 3.8) is 0 Å². The second-order valence-electron chi connectivity index (χ2n) is 8.94. The van der Waals surface area contributed by atoms with Gasteiger partial charge in [-0.15, -0.1) is 0 Å². The van der Waals surface area contributed by atoms with Gasteiger partial charge in [0.2, 0.25) is 10.0 Å². The summed E-state index contributed by atoms with van der Waals surface area (Å²) in [6.45, 7) is -0.00290. The third-order valence-corrected chi connectivity index (χ3v) is 7.43. The highest BCUT2D eigenvalue weighted by Crippen LogP contribution is 2.25. The van der Waals surface area contributed by atoms with Crippen LogP contribution in [-0.4, -0.2) is 36.9 Å². The molecule has 10 heteroatoms. The van der Waals surface area contributed by atoms with E-state index in [1.807, 2.05) is 84.9 Å². The van der Waals surface area contributed by atoms with Gasteiger partial charge in [-0.2, -0.15) is 10.2 Å². The van der Waals surface area contributed by atoms with E-state index in [-0.39, 0.29) is 4.90 Å². The van der Waals surface area contributed by atoms with Crippen LogP contribution < -0.4 is 14.9 Å². The minimum atomic E-state index is -3.81. The molecule has 0 radical (unpaired) electrons. The number of hydrogen-bond donors (Lipinski definition) is 2. The lowest BCUT2D eigenvalue weighted by Gasteiger charge is -2.07. The molecule has 0 fully saturated rings. The normalized spacial score (nSPS) is 11.4. The molecule has 0 aliphatic rings. The van der Waals surface area contributed by atoms with E-state index in [1.165, 1.54) is 18.3 Å². The Morgan fingerprint density at radius 2 is 1.49 bits per heavy atom. The van der Waals surface area contributed by atoms with Crippen LogP contribution in [-0.2, 0) is 21.4 Å². The number of rotatable bonds is 11. The molecule has 9 nitrogen and oxygen atoms in total. The Kier molecular flexibility index (Phi) is 8.63. The first-order valence-corrected chi connectivity index (χ1v) is 14.3. The zero-order chi connectivity index (χ0) is 28.5. The molecule has 1 heterocycles. The number of para-hydroxylation sites is 1. The molecule has 0 bridgehead atoms. The Morgan fingerprint density at radius 3 is 2.17 bits per heavy atom. The van der Waals surface area contributed by atoms with Crippen molar-refractivity contribution >= 4 is 22.1 Å². The maximum atomic E-state index is 12.4. The molecule has 0 saturated heterocycles. The van der Waals surface area contributed by atoms with Crippen LogP contribution in [0.25, 0.3) is 16.9 Å². The number of ether oxygens (including phenoxy) is 1. The van der Waals surface area contributed by atoms with Gasteiger partial charge in [-0.05, 0) is 54.1 Å². The van der Waals surface area contributed by atoms with E-state index >= 15 is 0 Å². The molecule has 0 spiro atoms. The minimum Gasteiger partial charge on any atom is -0.489 e. The summed E-state index contributed by atoms with van der Waals surface area (Å²) >= 11 is 0. The van der Waals surface area contributed by atoms with Gasteiger partial charge in [0.15, 0.2) is 0 Å². The number of nitrogens with one attached hydrogen (secondary N) is 2. The van der Waals surface area contributed by atoms with E-state index < -0.39 is 22.5 Å². The minimum absolute atomic E-state index is 0.0748. The summed E-state index contributed by atoms with van der Waals surface area (Å²) in [6.07, 6.45) is 3.28. The van der Waals surface area contributed by atoms with E-state index in [1.54, 1.807) is 29.1 Å². The number of aromatic nitrogens is 2. The number of amides is 1. The highest BCUT2D eigenvalue weighted by atomic mass is 32.2. The Balaban J connectivity index is 1.29. The van der Waals surface area contributed by atoms with Crippen molar-refractivity contribution in [2.24, 2.45) is 5.10 Å². The quantitative estimate of drug-likeness (QED) is 0.180. The van der Waals surface area contributed by atoms with Crippen molar-refractivity contribution < 1.29 is 17.9 Å². The predicted octanol–water partition coefficient (Wildman–Crippen LogP) is 4.55. The maximum absolute atomic E-state index is 12.4. The van der Waals surface area contributed by atoms with E-state index in [9.17, 15) is 13.2 Å². The summed E-state index contributed by atoms with van der Waals surface area (Å²) < 4.78 is 34.6. The Bertz CT molecular complexity index is 1720. The van der Waals surface area contributed by atoms with E-state index in [4.69, 9.17) is 9.84 Å². The van der Waals surface area contributed by atoms with Gasteiger partial charge < -0.3 is 4.74 Å². The molecule has 1 amide bonds. The smallest absolute Gasteiger partial charge is 0.255 e. The van der Waals surface area contributed by atoms with Crippen LogP contribution in [0.5, 0.6) is 5.75 Å². The monoisotopic (exact) mass is 565 g/mol. The Morgan fingerprint density at radius 1 is 0.854 bits per heavy atom. The van der Waals surface area contributed by atoms with Gasteiger partial charge in [0, 0.05) is 17.3 Å². The molecule has 0 unspecified atom stereocenters. The summed E-state index contributed by atoms with van der Waals surface area (Å²) in [5.74, 6) is 0.109. The summed E-state index contributed by atoms with van der Waals surface area (Å²) in [7, 11) is -3.81. The van der Waals surface area contributed by atoms with Crippen molar-refractivity contribution in [2.45, 2.75) is 11.5 Å². The molecular weight excluding hydrogens is 538 g/mol. The lowest BCUT2D eigenvalue weighted by Crippen LogP contribution is -2.34. The fourth-order valence-corrected chi connectivity index (χ4v) is 4.93. The van der Waals surface area contributed by atoms with Crippen LogP contribution in [0.3, 0.4) is 0 Å². The number of sulfonamides is 1. The molecule has 0 atom stereocenters. The number of nitrogens with zero attached hydrogens (tertiary/aromatic N) is 3. The van der Waals surface area contributed by atoms with Gasteiger partial charge >= 0.3 is 0 Å². The second kappa shape index (κ2) is 12.9. The highest BCUT2D eigenvalue weighted by molar-refractivity contribution is 7.89. The SMILES string of the molecule is O=C(CNS(=O)(=O)c1ccccc1)N/N=C\c1cn(-c2ccccc2)nc1-c1ccc(OCc2ccccc2)cc1. The molecule has 1 aromatic heterocycles. The third-order valence-electron chi connectivity index (χ3n) is 6.01. The van der Waals surface area contributed by atoms with Crippen molar-refractivity contribution in [2.75, 3.05) is 6.54 Å². The van der Waals surface area contributed by atoms with Gasteiger partial charge in [0.25, 0.3) is 5.91 Å². The topological polar surface area (TPSA) is 115 Å². The third kappa shape index (κ3) is 7.33. The van der Waals surface area contributed by atoms with Crippen LogP contribution in [0.15, 0.2) is 131 Å². The summed E-state index contributed by atoms with van der Waals surface area (Å²) in [6, 6.07) is 34.9. The van der Waals surface area contributed by atoms with Crippen LogP contribution in [0.2, 0.25) is 0 Å². The molecule has 0 aliphatic heterocycles. The molecule has 0 aliphatic carbocycles. The van der Waals surface area contributed by atoms with Crippen LogP contribution >= 0.6 is 0 Å². The maximum Gasteiger partial charge on any atom is 0.255 e. The van der Waals surface area contributed by atoms with Gasteiger partial charge in [0.05, 0.1) is 23.3 Å². The van der Waals surface area contributed by atoms with Gasteiger partial charge in [-0.25, -0.2) is 23.2 Å². The molecule has 5 aromatic rings. The molecule has 2 N–H and O–H groups in total. The van der Waals surface area contributed by atoms with Gasteiger partial charge in [-0.3, -0.25) is 4.79 Å². The summed E-state index contributed by atoms with van der Waals surface area (Å²) in [4.78, 5) is 12.4. The van der Waals surface area contributed by atoms with E-state index in [0.717, 1.165) is 22.6 Å². The average Bonchev–Trinajstić information content (AvgIpc) is 3.45.